The first-order valence-electron chi connectivity index (χ1n) is 6.95. The van der Waals surface area contributed by atoms with Crippen LogP contribution in [0.1, 0.15) is 22.8 Å². The summed E-state index contributed by atoms with van der Waals surface area (Å²) in [5.74, 6) is 1.93. The van der Waals surface area contributed by atoms with Crippen LogP contribution >= 0.6 is 0 Å². The number of benzene rings is 2. The third-order valence-corrected chi connectivity index (χ3v) is 3.21. The fourth-order valence-electron chi connectivity index (χ4n) is 2.25. The van der Waals surface area contributed by atoms with Crippen molar-refractivity contribution >= 4 is 5.78 Å². The van der Waals surface area contributed by atoms with Gasteiger partial charge in [0.2, 0.25) is 0 Å². The molecule has 4 nitrogen and oxygen atoms in total. The summed E-state index contributed by atoms with van der Waals surface area (Å²) in [6.07, 6.45) is 0. The average molecular weight is 284 g/mol. The highest BCUT2D eigenvalue weighted by Crippen LogP contribution is 2.31. The highest BCUT2D eigenvalue weighted by molar-refractivity contribution is 6.09. The molecule has 0 saturated heterocycles. The Morgan fingerprint density at radius 1 is 1.05 bits per heavy atom. The van der Waals surface area contributed by atoms with Gasteiger partial charge in [0.15, 0.2) is 17.3 Å². The molecule has 21 heavy (non-hydrogen) atoms. The van der Waals surface area contributed by atoms with Crippen LogP contribution in [0.25, 0.3) is 0 Å². The summed E-state index contributed by atoms with van der Waals surface area (Å²) in [7, 11) is 0. The van der Waals surface area contributed by atoms with Crippen LogP contribution < -0.4 is 14.2 Å². The summed E-state index contributed by atoms with van der Waals surface area (Å²) < 4.78 is 16.4. The summed E-state index contributed by atoms with van der Waals surface area (Å²) in [6.45, 7) is 3.53. The number of hydrogen-bond acceptors (Lipinski definition) is 4. The zero-order valence-corrected chi connectivity index (χ0v) is 11.8. The molecule has 0 aromatic heterocycles. The van der Waals surface area contributed by atoms with Crippen LogP contribution in [-0.2, 0) is 0 Å². The third-order valence-electron chi connectivity index (χ3n) is 3.21. The Morgan fingerprint density at radius 2 is 1.81 bits per heavy atom. The molecule has 0 spiro atoms. The largest absolute Gasteiger partial charge is 0.494 e. The molecule has 4 heteroatoms. The quantitative estimate of drug-likeness (QED) is 0.809. The molecule has 2 aromatic rings. The van der Waals surface area contributed by atoms with Crippen LogP contribution in [-0.4, -0.2) is 25.6 Å². The van der Waals surface area contributed by atoms with Crippen molar-refractivity contribution in [3.63, 3.8) is 0 Å². The Balaban J connectivity index is 1.89. The Labute approximate surface area is 123 Å². The maximum atomic E-state index is 12.5. The van der Waals surface area contributed by atoms with Crippen molar-refractivity contribution in [1.82, 2.24) is 0 Å². The molecular formula is C17H16O4. The van der Waals surface area contributed by atoms with E-state index in [1.54, 1.807) is 30.3 Å². The minimum absolute atomic E-state index is 0.0615. The summed E-state index contributed by atoms with van der Waals surface area (Å²) in [6, 6.07) is 12.4. The second kappa shape index (κ2) is 5.87. The number of hydrogen-bond donors (Lipinski definition) is 0. The van der Waals surface area contributed by atoms with E-state index in [-0.39, 0.29) is 5.78 Å². The molecule has 3 rings (SSSR count). The van der Waals surface area contributed by atoms with Crippen molar-refractivity contribution in [2.45, 2.75) is 6.92 Å². The van der Waals surface area contributed by atoms with Gasteiger partial charge in [0.1, 0.15) is 19.0 Å². The summed E-state index contributed by atoms with van der Waals surface area (Å²) in [5.41, 5.74) is 1.17. The minimum atomic E-state index is -0.0615. The second-order valence-electron chi connectivity index (χ2n) is 4.65. The SMILES string of the molecule is CCOc1cccc(C(=O)c2ccc3c(c2)OCCO3)c1. The highest BCUT2D eigenvalue weighted by atomic mass is 16.6. The van der Waals surface area contributed by atoms with Gasteiger partial charge in [0, 0.05) is 11.1 Å². The third kappa shape index (κ3) is 2.84. The van der Waals surface area contributed by atoms with Crippen molar-refractivity contribution in [3.05, 3.63) is 53.6 Å². The van der Waals surface area contributed by atoms with Crippen LogP contribution in [0.5, 0.6) is 17.2 Å². The highest BCUT2D eigenvalue weighted by Gasteiger charge is 2.16. The molecular weight excluding hydrogens is 268 g/mol. The first-order chi connectivity index (χ1) is 10.3. The molecule has 0 fully saturated rings. The van der Waals surface area contributed by atoms with E-state index in [0.717, 1.165) is 0 Å². The van der Waals surface area contributed by atoms with Gasteiger partial charge in [-0.3, -0.25) is 4.79 Å². The standard InChI is InChI=1S/C17H16O4/c1-2-19-14-5-3-4-12(10-14)17(18)13-6-7-15-16(11-13)21-9-8-20-15/h3-7,10-11H,2,8-9H2,1H3. The monoisotopic (exact) mass is 284 g/mol. The van der Waals surface area contributed by atoms with E-state index in [0.29, 0.717) is 48.2 Å². The zero-order valence-electron chi connectivity index (χ0n) is 11.8. The normalized spacial score (nSPS) is 12.8. The maximum Gasteiger partial charge on any atom is 0.193 e. The molecule has 0 N–H and O–H groups in total. The summed E-state index contributed by atoms with van der Waals surface area (Å²) >= 11 is 0. The average Bonchev–Trinajstić information content (AvgIpc) is 2.54. The van der Waals surface area contributed by atoms with Crippen molar-refractivity contribution < 1.29 is 19.0 Å². The first-order valence-corrected chi connectivity index (χ1v) is 6.95. The van der Waals surface area contributed by atoms with Gasteiger partial charge in [0.05, 0.1) is 6.61 Å². The van der Waals surface area contributed by atoms with E-state index in [1.807, 2.05) is 19.1 Å². The van der Waals surface area contributed by atoms with E-state index in [1.165, 1.54) is 0 Å². The van der Waals surface area contributed by atoms with E-state index in [9.17, 15) is 4.79 Å². The van der Waals surface area contributed by atoms with Gasteiger partial charge in [-0.15, -0.1) is 0 Å². The van der Waals surface area contributed by atoms with Crippen LogP contribution in [0.4, 0.5) is 0 Å². The predicted octanol–water partition coefficient (Wildman–Crippen LogP) is 3.09. The molecule has 108 valence electrons. The number of fused-ring (bicyclic) bond motifs is 1. The smallest absolute Gasteiger partial charge is 0.193 e. The number of rotatable bonds is 4. The lowest BCUT2D eigenvalue weighted by Gasteiger charge is -2.18. The zero-order chi connectivity index (χ0) is 14.7. The molecule has 0 saturated carbocycles. The van der Waals surface area contributed by atoms with E-state index >= 15 is 0 Å². The van der Waals surface area contributed by atoms with Gasteiger partial charge in [-0.1, -0.05) is 12.1 Å². The fourth-order valence-corrected chi connectivity index (χ4v) is 2.25. The predicted molar refractivity (Wildman–Crippen MR) is 78.5 cm³/mol. The van der Waals surface area contributed by atoms with Crippen molar-refractivity contribution in [2.75, 3.05) is 19.8 Å². The summed E-state index contributed by atoms with van der Waals surface area (Å²) in [5, 5.41) is 0. The van der Waals surface area contributed by atoms with E-state index in [4.69, 9.17) is 14.2 Å². The van der Waals surface area contributed by atoms with E-state index < -0.39 is 0 Å². The lowest BCUT2D eigenvalue weighted by molar-refractivity contribution is 0.103. The van der Waals surface area contributed by atoms with Crippen molar-refractivity contribution in [1.29, 1.82) is 0 Å². The van der Waals surface area contributed by atoms with Crippen LogP contribution in [0.15, 0.2) is 42.5 Å². The fraction of sp³-hybridized carbons (Fsp3) is 0.235. The Morgan fingerprint density at radius 3 is 2.62 bits per heavy atom. The van der Waals surface area contributed by atoms with E-state index in [2.05, 4.69) is 0 Å². The lowest BCUT2D eigenvalue weighted by atomic mass is 10.0. The molecule has 1 aliphatic heterocycles. The van der Waals surface area contributed by atoms with Gasteiger partial charge in [0.25, 0.3) is 0 Å². The number of ether oxygens (including phenoxy) is 3. The topological polar surface area (TPSA) is 44.8 Å². The van der Waals surface area contributed by atoms with Gasteiger partial charge in [-0.05, 0) is 37.3 Å². The molecule has 2 aromatic carbocycles. The molecule has 1 aliphatic rings. The molecule has 0 atom stereocenters. The van der Waals surface area contributed by atoms with Gasteiger partial charge in [-0.25, -0.2) is 0 Å². The first kappa shape index (κ1) is 13.5. The Bertz CT molecular complexity index is 664. The summed E-state index contributed by atoms with van der Waals surface area (Å²) in [4.78, 5) is 12.5. The number of ketones is 1. The maximum absolute atomic E-state index is 12.5. The molecule has 1 heterocycles. The van der Waals surface area contributed by atoms with Crippen LogP contribution in [0, 0.1) is 0 Å². The van der Waals surface area contributed by atoms with Gasteiger partial charge in [-0.2, -0.15) is 0 Å². The number of carbonyl (C=O) groups excluding carboxylic acids is 1. The Hall–Kier alpha value is -2.49. The molecule has 0 bridgehead atoms. The molecule has 0 unspecified atom stereocenters. The minimum Gasteiger partial charge on any atom is -0.494 e. The molecule has 0 radical (unpaired) electrons. The second-order valence-corrected chi connectivity index (χ2v) is 4.65. The molecule has 0 amide bonds. The lowest BCUT2D eigenvalue weighted by Crippen LogP contribution is -2.15. The number of carbonyl (C=O) groups is 1. The van der Waals surface area contributed by atoms with Crippen LogP contribution in [0.3, 0.4) is 0 Å². The molecule has 0 aliphatic carbocycles. The van der Waals surface area contributed by atoms with Gasteiger partial charge < -0.3 is 14.2 Å². The van der Waals surface area contributed by atoms with Gasteiger partial charge >= 0.3 is 0 Å². The van der Waals surface area contributed by atoms with Crippen molar-refractivity contribution in [2.24, 2.45) is 0 Å². The van der Waals surface area contributed by atoms with Crippen molar-refractivity contribution in [3.8, 4) is 17.2 Å². The van der Waals surface area contributed by atoms with Crippen LogP contribution in [0.2, 0.25) is 0 Å². The Kier molecular flexibility index (Phi) is 3.77.